The van der Waals surface area contributed by atoms with Crippen LogP contribution in [0.25, 0.3) is 10.2 Å². The van der Waals surface area contributed by atoms with Gasteiger partial charge in [0.1, 0.15) is 11.3 Å². The molecule has 0 saturated heterocycles. The van der Waals surface area contributed by atoms with Gasteiger partial charge in [-0.1, -0.05) is 67.5 Å². The summed E-state index contributed by atoms with van der Waals surface area (Å²) >= 11 is 1.14. The fourth-order valence-corrected chi connectivity index (χ4v) is 4.57. The number of phenols is 1. The first-order valence-corrected chi connectivity index (χ1v) is 11.6. The van der Waals surface area contributed by atoms with Crippen LogP contribution >= 0.6 is 11.3 Å². The largest absolute Gasteiger partial charge is 0.506 e. The normalized spacial score (nSPS) is 13.5. The van der Waals surface area contributed by atoms with Gasteiger partial charge in [0.05, 0.1) is 11.3 Å². The molecule has 6 heteroatoms. The molecule has 1 heterocycles. The second-order valence-electron chi connectivity index (χ2n) is 8.01. The van der Waals surface area contributed by atoms with Crippen LogP contribution in [0.2, 0.25) is 0 Å². The zero-order valence-electron chi connectivity index (χ0n) is 17.6. The molecule has 1 aromatic heterocycles. The van der Waals surface area contributed by atoms with Gasteiger partial charge in [-0.25, -0.2) is 0 Å². The number of rotatable bonds is 12. The van der Waals surface area contributed by atoms with E-state index in [1.807, 2.05) is 12.1 Å². The number of aromatic hydroxyl groups is 1. The molecule has 5 nitrogen and oxygen atoms in total. The lowest BCUT2D eigenvalue weighted by atomic mass is 9.91. The number of aromatic nitrogens is 1. The van der Waals surface area contributed by atoms with Crippen molar-refractivity contribution in [1.29, 1.82) is 0 Å². The Morgan fingerprint density at radius 3 is 2.70 bits per heavy atom. The Morgan fingerprint density at radius 1 is 1.10 bits per heavy atom. The number of unbranched alkanes of at least 4 members (excludes halogenated alkanes) is 2. The number of hydrogen-bond acceptors (Lipinski definition) is 5. The van der Waals surface area contributed by atoms with Gasteiger partial charge in [0.2, 0.25) is 0 Å². The number of thiazole rings is 1. The van der Waals surface area contributed by atoms with Crippen molar-refractivity contribution in [2.75, 3.05) is 13.2 Å². The van der Waals surface area contributed by atoms with Gasteiger partial charge in [-0.3, -0.25) is 4.79 Å². The summed E-state index contributed by atoms with van der Waals surface area (Å²) in [7, 11) is 0. The Kier molecular flexibility index (Phi) is 8.49. The third kappa shape index (κ3) is 6.42. The Balaban J connectivity index is 1.33. The number of benzene rings is 2. The molecular weight excluding hydrogens is 396 g/mol. The lowest BCUT2D eigenvalue weighted by Crippen LogP contribution is -2.30. The Bertz CT molecular complexity index is 967. The smallest absolute Gasteiger partial charge is 0.305 e. The summed E-state index contributed by atoms with van der Waals surface area (Å²) in [5.74, 6) is 0.503. The van der Waals surface area contributed by atoms with E-state index in [2.05, 4.69) is 36.2 Å². The predicted molar refractivity (Wildman–Crippen MR) is 124 cm³/mol. The highest BCUT2D eigenvalue weighted by Gasteiger charge is 2.17. The lowest BCUT2D eigenvalue weighted by Gasteiger charge is -2.20. The average molecular weight is 429 g/mol. The van der Waals surface area contributed by atoms with Crippen LogP contribution in [-0.4, -0.2) is 29.3 Å². The van der Waals surface area contributed by atoms with E-state index in [4.69, 9.17) is 10.5 Å². The van der Waals surface area contributed by atoms with Crippen LogP contribution in [0.4, 0.5) is 0 Å². The van der Waals surface area contributed by atoms with E-state index in [1.165, 1.54) is 5.56 Å². The topological polar surface area (TPSA) is 88.3 Å². The highest BCUT2D eigenvalue weighted by atomic mass is 32.1. The molecule has 2 unspecified atom stereocenters. The molecule has 2 aromatic carbocycles. The van der Waals surface area contributed by atoms with Crippen LogP contribution < -0.4 is 10.6 Å². The summed E-state index contributed by atoms with van der Waals surface area (Å²) < 4.78 is 6.57. The average Bonchev–Trinajstić information content (AvgIpc) is 3.15. The first-order valence-electron chi connectivity index (χ1n) is 10.8. The van der Waals surface area contributed by atoms with Crippen LogP contribution in [0.3, 0.4) is 0 Å². The minimum absolute atomic E-state index is 0.0251. The van der Waals surface area contributed by atoms with Crippen LogP contribution in [-0.2, 0) is 17.6 Å². The number of nitrogens with two attached hydrogens (primary N) is 1. The van der Waals surface area contributed by atoms with Crippen LogP contribution in [0.15, 0.2) is 47.3 Å². The van der Waals surface area contributed by atoms with Gasteiger partial charge in [-0.05, 0) is 48.8 Å². The highest BCUT2D eigenvalue weighted by Crippen LogP contribution is 2.29. The van der Waals surface area contributed by atoms with Gasteiger partial charge in [0.25, 0.3) is 0 Å². The van der Waals surface area contributed by atoms with E-state index in [-0.39, 0.29) is 16.7 Å². The maximum absolute atomic E-state index is 11.7. The monoisotopic (exact) mass is 428 g/mol. The summed E-state index contributed by atoms with van der Waals surface area (Å²) in [6.07, 6.45) is 6.11. The SMILES string of the molecule is CC(CCCCCOCCc1ccccc1)C(N)Cc1ccc(O)c2[nH]c(=O)sc12. The van der Waals surface area contributed by atoms with Crippen molar-refractivity contribution in [2.45, 2.75) is 51.5 Å². The van der Waals surface area contributed by atoms with E-state index in [1.54, 1.807) is 6.07 Å². The van der Waals surface area contributed by atoms with Crippen molar-refractivity contribution in [2.24, 2.45) is 11.7 Å². The number of ether oxygens (including phenoxy) is 1. The van der Waals surface area contributed by atoms with Gasteiger partial charge in [-0.15, -0.1) is 0 Å². The van der Waals surface area contributed by atoms with Crippen molar-refractivity contribution in [3.63, 3.8) is 0 Å². The van der Waals surface area contributed by atoms with E-state index < -0.39 is 0 Å². The third-order valence-electron chi connectivity index (χ3n) is 5.65. The minimum Gasteiger partial charge on any atom is -0.506 e. The molecule has 0 aliphatic rings. The first-order chi connectivity index (χ1) is 14.5. The van der Waals surface area contributed by atoms with Crippen LogP contribution in [0, 0.1) is 5.92 Å². The fraction of sp³-hybridized carbons (Fsp3) is 0.458. The molecule has 3 rings (SSSR count). The van der Waals surface area contributed by atoms with E-state index in [0.29, 0.717) is 17.9 Å². The predicted octanol–water partition coefficient (Wildman–Crippen LogP) is 4.62. The third-order valence-corrected chi connectivity index (χ3v) is 6.61. The van der Waals surface area contributed by atoms with Gasteiger partial charge in [0.15, 0.2) is 0 Å². The van der Waals surface area contributed by atoms with Gasteiger partial charge in [0, 0.05) is 12.6 Å². The van der Waals surface area contributed by atoms with Crippen molar-refractivity contribution in [1.82, 2.24) is 4.98 Å². The molecule has 30 heavy (non-hydrogen) atoms. The molecule has 4 N–H and O–H groups in total. The fourth-order valence-electron chi connectivity index (χ4n) is 3.69. The number of H-pyrrole nitrogens is 1. The maximum atomic E-state index is 11.7. The second-order valence-corrected chi connectivity index (χ2v) is 8.99. The lowest BCUT2D eigenvalue weighted by molar-refractivity contribution is 0.132. The molecule has 2 atom stereocenters. The minimum atomic E-state index is -0.152. The van der Waals surface area contributed by atoms with Gasteiger partial charge < -0.3 is 20.6 Å². The molecule has 3 aromatic rings. The number of nitrogens with one attached hydrogen (secondary N) is 1. The number of fused-ring (bicyclic) bond motifs is 1. The quantitative estimate of drug-likeness (QED) is 0.367. The molecule has 0 bridgehead atoms. The number of aromatic amines is 1. The molecule has 0 spiro atoms. The molecule has 0 aliphatic carbocycles. The van der Waals surface area contributed by atoms with E-state index in [0.717, 1.165) is 66.9 Å². The summed E-state index contributed by atoms with van der Waals surface area (Å²) in [5.41, 5.74) is 9.32. The Morgan fingerprint density at radius 2 is 1.90 bits per heavy atom. The Labute approximate surface area is 181 Å². The van der Waals surface area contributed by atoms with Crippen LogP contribution in [0.1, 0.15) is 43.7 Å². The molecule has 162 valence electrons. The van der Waals surface area contributed by atoms with Crippen molar-refractivity contribution in [3.05, 3.63) is 63.3 Å². The summed E-state index contributed by atoms with van der Waals surface area (Å²) in [6.45, 7) is 3.78. The standard InChI is InChI=1S/C24H32N2O3S/c1-17(8-4-3-7-14-29-15-13-18-9-5-2-6-10-18)20(25)16-19-11-12-21(27)22-23(19)30-24(28)26-22/h2,5-6,9-12,17,20,27H,3-4,7-8,13-16,25H2,1H3,(H,26,28). The maximum Gasteiger partial charge on any atom is 0.305 e. The number of hydrogen-bond donors (Lipinski definition) is 3. The summed E-state index contributed by atoms with van der Waals surface area (Å²) in [4.78, 5) is 14.2. The van der Waals surface area contributed by atoms with E-state index >= 15 is 0 Å². The molecule has 0 saturated carbocycles. The molecule has 0 fully saturated rings. The zero-order valence-corrected chi connectivity index (χ0v) is 18.4. The van der Waals surface area contributed by atoms with E-state index in [9.17, 15) is 9.90 Å². The van der Waals surface area contributed by atoms with Gasteiger partial charge in [-0.2, -0.15) is 0 Å². The molecule has 0 aliphatic heterocycles. The summed E-state index contributed by atoms with van der Waals surface area (Å²) in [6, 6.07) is 14.0. The van der Waals surface area contributed by atoms with Crippen molar-refractivity contribution < 1.29 is 9.84 Å². The van der Waals surface area contributed by atoms with Crippen molar-refractivity contribution >= 4 is 21.6 Å². The first kappa shape index (κ1) is 22.5. The second kappa shape index (κ2) is 11.3. The summed E-state index contributed by atoms with van der Waals surface area (Å²) in [5, 5.41) is 9.93. The molecule has 0 radical (unpaired) electrons. The Hall–Kier alpha value is -2.15. The highest BCUT2D eigenvalue weighted by molar-refractivity contribution is 7.16. The van der Waals surface area contributed by atoms with Crippen molar-refractivity contribution in [3.8, 4) is 5.75 Å². The molecular formula is C24H32N2O3S. The number of phenolic OH excluding ortho intramolecular Hbond substituents is 1. The van der Waals surface area contributed by atoms with Gasteiger partial charge >= 0.3 is 4.87 Å². The zero-order chi connectivity index (χ0) is 21.3. The molecule has 0 amide bonds. The van der Waals surface area contributed by atoms with Crippen LogP contribution in [0.5, 0.6) is 5.75 Å².